The molecule has 0 aliphatic carbocycles. The fourth-order valence-electron chi connectivity index (χ4n) is 2.36. The third-order valence-electron chi connectivity index (χ3n) is 3.75. The average Bonchev–Trinajstić information content (AvgIpc) is 2.87. The lowest BCUT2D eigenvalue weighted by atomic mass is 9.98. The number of hydrogen-bond donors (Lipinski definition) is 2. The van der Waals surface area contributed by atoms with Gasteiger partial charge >= 0.3 is 5.97 Å². The molecule has 1 aromatic carbocycles. The van der Waals surface area contributed by atoms with Crippen molar-refractivity contribution >= 4 is 23.5 Å². The van der Waals surface area contributed by atoms with Crippen molar-refractivity contribution in [3.05, 3.63) is 46.7 Å². The van der Waals surface area contributed by atoms with Gasteiger partial charge in [0.25, 0.3) is 5.91 Å². The smallest absolute Gasteiger partial charge is 0.303 e. The topological polar surface area (TPSA) is 84.2 Å². The SMILES string of the molecule is Cc1c(C(=O)NC(C)(C)CCC(=O)O)cnn1-c1ccccc1Cl. The fourth-order valence-corrected chi connectivity index (χ4v) is 2.57. The van der Waals surface area contributed by atoms with Crippen LogP contribution in [0.3, 0.4) is 0 Å². The number of carboxylic acid groups (broad SMARTS) is 1. The van der Waals surface area contributed by atoms with Crippen LogP contribution in [-0.4, -0.2) is 32.3 Å². The molecule has 7 heteroatoms. The fraction of sp³-hybridized carbons (Fsp3) is 0.353. The quantitative estimate of drug-likeness (QED) is 0.838. The number of hydrogen-bond acceptors (Lipinski definition) is 3. The lowest BCUT2D eigenvalue weighted by molar-refractivity contribution is -0.137. The molecule has 2 N–H and O–H groups in total. The molecule has 1 amide bonds. The zero-order chi connectivity index (χ0) is 17.9. The zero-order valence-electron chi connectivity index (χ0n) is 13.8. The average molecular weight is 350 g/mol. The van der Waals surface area contributed by atoms with Crippen LogP contribution < -0.4 is 5.32 Å². The second-order valence-corrected chi connectivity index (χ2v) is 6.65. The van der Waals surface area contributed by atoms with Gasteiger partial charge in [-0.05, 0) is 39.3 Å². The van der Waals surface area contributed by atoms with Crippen molar-refractivity contribution in [2.45, 2.75) is 39.2 Å². The Morgan fingerprint density at radius 2 is 2.00 bits per heavy atom. The highest BCUT2D eigenvalue weighted by Crippen LogP contribution is 2.22. The molecule has 2 rings (SSSR count). The number of nitrogens with one attached hydrogen (secondary N) is 1. The summed E-state index contributed by atoms with van der Waals surface area (Å²) in [6.45, 7) is 5.37. The highest BCUT2D eigenvalue weighted by molar-refractivity contribution is 6.32. The molecule has 0 spiro atoms. The zero-order valence-corrected chi connectivity index (χ0v) is 14.6. The Labute approximate surface area is 145 Å². The van der Waals surface area contributed by atoms with E-state index in [0.29, 0.717) is 28.4 Å². The molecule has 2 aromatic rings. The van der Waals surface area contributed by atoms with E-state index < -0.39 is 11.5 Å². The number of rotatable bonds is 6. The molecule has 1 aromatic heterocycles. The molecule has 0 fully saturated rings. The Balaban J connectivity index is 2.20. The number of carbonyl (C=O) groups excluding carboxylic acids is 1. The van der Waals surface area contributed by atoms with Crippen molar-refractivity contribution in [2.75, 3.05) is 0 Å². The van der Waals surface area contributed by atoms with E-state index in [1.165, 1.54) is 6.20 Å². The van der Waals surface area contributed by atoms with Gasteiger partial charge in [0.1, 0.15) is 0 Å². The maximum Gasteiger partial charge on any atom is 0.303 e. The largest absolute Gasteiger partial charge is 0.481 e. The number of carboxylic acids is 1. The molecule has 1 heterocycles. The number of aromatic nitrogens is 2. The van der Waals surface area contributed by atoms with Crippen LogP contribution in [0.15, 0.2) is 30.5 Å². The summed E-state index contributed by atoms with van der Waals surface area (Å²) < 4.78 is 1.61. The van der Waals surface area contributed by atoms with Crippen LogP contribution in [0.25, 0.3) is 5.69 Å². The number of aliphatic carboxylic acids is 1. The molecule has 0 atom stereocenters. The number of carbonyl (C=O) groups is 2. The van der Waals surface area contributed by atoms with Crippen LogP contribution in [0.2, 0.25) is 5.02 Å². The van der Waals surface area contributed by atoms with Gasteiger partial charge in [-0.25, -0.2) is 4.68 Å². The lowest BCUT2D eigenvalue weighted by Crippen LogP contribution is -2.43. The first-order valence-electron chi connectivity index (χ1n) is 7.55. The molecule has 128 valence electrons. The first-order chi connectivity index (χ1) is 11.2. The number of halogens is 1. The lowest BCUT2D eigenvalue weighted by Gasteiger charge is -2.25. The van der Waals surface area contributed by atoms with Crippen molar-refractivity contribution in [3.8, 4) is 5.69 Å². The van der Waals surface area contributed by atoms with E-state index in [1.54, 1.807) is 31.5 Å². The minimum atomic E-state index is -0.889. The van der Waals surface area contributed by atoms with E-state index >= 15 is 0 Å². The van der Waals surface area contributed by atoms with E-state index in [-0.39, 0.29) is 12.3 Å². The molecular formula is C17H20ClN3O3. The predicted molar refractivity (Wildman–Crippen MR) is 91.7 cm³/mol. The first kappa shape index (κ1) is 18.0. The molecule has 0 aliphatic heterocycles. The number of nitrogens with zero attached hydrogens (tertiary/aromatic N) is 2. The number of amides is 1. The summed E-state index contributed by atoms with van der Waals surface area (Å²) in [7, 11) is 0. The third-order valence-corrected chi connectivity index (χ3v) is 4.07. The summed E-state index contributed by atoms with van der Waals surface area (Å²) in [5.41, 5.74) is 1.16. The highest BCUT2D eigenvalue weighted by atomic mass is 35.5. The van der Waals surface area contributed by atoms with Crippen LogP contribution in [0.4, 0.5) is 0 Å². The molecule has 0 radical (unpaired) electrons. The standard InChI is InChI=1S/C17H20ClN3O3/c1-11-12(16(24)20-17(2,3)9-8-15(22)23)10-19-21(11)14-7-5-4-6-13(14)18/h4-7,10H,8-9H2,1-3H3,(H,20,24)(H,22,23). The molecular weight excluding hydrogens is 330 g/mol. The summed E-state index contributed by atoms with van der Waals surface area (Å²) in [4.78, 5) is 23.2. The molecule has 24 heavy (non-hydrogen) atoms. The van der Waals surface area contributed by atoms with E-state index in [2.05, 4.69) is 10.4 Å². The molecule has 0 bridgehead atoms. The van der Waals surface area contributed by atoms with E-state index in [1.807, 2.05) is 18.2 Å². The van der Waals surface area contributed by atoms with E-state index in [4.69, 9.17) is 16.7 Å². The van der Waals surface area contributed by atoms with Crippen molar-refractivity contribution < 1.29 is 14.7 Å². The van der Waals surface area contributed by atoms with Crippen molar-refractivity contribution in [2.24, 2.45) is 0 Å². The van der Waals surface area contributed by atoms with Gasteiger partial charge < -0.3 is 10.4 Å². The predicted octanol–water partition coefficient (Wildman–Crippen LogP) is 3.21. The second-order valence-electron chi connectivity index (χ2n) is 6.24. The molecule has 0 saturated heterocycles. The number of para-hydroxylation sites is 1. The van der Waals surface area contributed by atoms with Crippen molar-refractivity contribution in [1.29, 1.82) is 0 Å². The van der Waals surface area contributed by atoms with Gasteiger partial charge in [-0.2, -0.15) is 5.10 Å². The summed E-state index contributed by atoms with van der Waals surface area (Å²) >= 11 is 6.18. The van der Waals surface area contributed by atoms with Crippen LogP contribution in [0, 0.1) is 6.92 Å². The van der Waals surface area contributed by atoms with Gasteiger partial charge in [0, 0.05) is 12.0 Å². The maximum absolute atomic E-state index is 12.5. The van der Waals surface area contributed by atoms with Gasteiger partial charge in [-0.15, -0.1) is 0 Å². The first-order valence-corrected chi connectivity index (χ1v) is 7.93. The summed E-state index contributed by atoms with van der Waals surface area (Å²) in [5.74, 6) is -1.18. The summed E-state index contributed by atoms with van der Waals surface area (Å²) in [6, 6.07) is 7.24. The molecule has 0 unspecified atom stereocenters. The van der Waals surface area contributed by atoms with Gasteiger partial charge in [0.05, 0.1) is 28.2 Å². The maximum atomic E-state index is 12.5. The van der Waals surface area contributed by atoms with Crippen LogP contribution in [0.5, 0.6) is 0 Å². The molecule has 0 saturated carbocycles. The Kier molecular flexibility index (Phi) is 5.29. The monoisotopic (exact) mass is 349 g/mol. The Bertz CT molecular complexity index is 768. The van der Waals surface area contributed by atoms with Gasteiger partial charge in [-0.3, -0.25) is 9.59 Å². The van der Waals surface area contributed by atoms with Crippen LogP contribution >= 0.6 is 11.6 Å². The summed E-state index contributed by atoms with van der Waals surface area (Å²) in [5, 5.41) is 16.4. The Morgan fingerprint density at radius 1 is 1.33 bits per heavy atom. The highest BCUT2D eigenvalue weighted by Gasteiger charge is 2.24. The normalized spacial score (nSPS) is 11.3. The minimum absolute atomic E-state index is 0.00878. The molecule has 0 aliphatic rings. The van der Waals surface area contributed by atoms with Crippen LogP contribution in [-0.2, 0) is 4.79 Å². The minimum Gasteiger partial charge on any atom is -0.481 e. The van der Waals surface area contributed by atoms with Gasteiger partial charge in [0.2, 0.25) is 0 Å². The van der Waals surface area contributed by atoms with E-state index in [9.17, 15) is 9.59 Å². The Morgan fingerprint density at radius 3 is 2.62 bits per heavy atom. The Hall–Kier alpha value is -2.34. The van der Waals surface area contributed by atoms with Gasteiger partial charge in [0.15, 0.2) is 0 Å². The van der Waals surface area contributed by atoms with Crippen LogP contribution in [0.1, 0.15) is 42.7 Å². The summed E-state index contributed by atoms with van der Waals surface area (Å²) in [6.07, 6.45) is 1.82. The van der Waals surface area contributed by atoms with Crippen molar-refractivity contribution in [3.63, 3.8) is 0 Å². The van der Waals surface area contributed by atoms with Crippen molar-refractivity contribution in [1.82, 2.24) is 15.1 Å². The third kappa shape index (κ3) is 4.14. The number of benzene rings is 1. The molecule has 6 nitrogen and oxygen atoms in total. The van der Waals surface area contributed by atoms with E-state index in [0.717, 1.165) is 0 Å². The van der Waals surface area contributed by atoms with Gasteiger partial charge in [-0.1, -0.05) is 23.7 Å². The second kappa shape index (κ2) is 7.05.